The SMILES string of the molecule is Cc1ccc(Cl)c(O[C@@H]2CCNC2)c1. The van der Waals surface area contributed by atoms with Crippen molar-refractivity contribution in [3.8, 4) is 5.75 Å². The smallest absolute Gasteiger partial charge is 0.138 e. The third kappa shape index (κ3) is 2.20. The van der Waals surface area contributed by atoms with Gasteiger partial charge in [-0.2, -0.15) is 0 Å². The van der Waals surface area contributed by atoms with Crippen LogP contribution in [0.2, 0.25) is 5.02 Å². The van der Waals surface area contributed by atoms with Gasteiger partial charge in [0.2, 0.25) is 0 Å². The zero-order valence-corrected chi connectivity index (χ0v) is 8.97. The Morgan fingerprint density at radius 3 is 3.07 bits per heavy atom. The summed E-state index contributed by atoms with van der Waals surface area (Å²) < 4.78 is 5.79. The molecular formula is C11H14ClNO. The lowest BCUT2D eigenvalue weighted by molar-refractivity contribution is 0.223. The van der Waals surface area contributed by atoms with Crippen LogP contribution in [0.4, 0.5) is 0 Å². The van der Waals surface area contributed by atoms with Crippen molar-refractivity contribution in [2.45, 2.75) is 19.4 Å². The van der Waals surface area contributed by atoms with Crippen LogP contribution in [0.3, 0.4) is 0 Å². The number of halogens is 1. The van der Waals surface area contributed by atoms with Crippen LogP contribution in [-0.4, -0.2) is 19.2 Å². The molecule has 0 saturated carbocycles. The van der Waals surface area contributed by atoms with Gasteiger partial charge in [0.05, 0.1) is 5.02 Å². The van der Waals surface area contributed by atoms with Crippen LogP contribution >= 0.6 is 11.6 Å². The zero-order valence-electron chi connectivity index (χ0n) is 8.22. The first kappa shape index (κ1) is 9.81. The number of aryl methyl sites for hydroxylation is 1. The van der Waals surface area contributed by atoms with Crippen molar-refractivity contribution in [1.29, 1.82) is 0 Å². The minimum atomic E-state index is 0.272. The third-order valence-corrected chi connectivity index (χ3v) is 2.71. The molecule has 0 spiro atoms. The maximum Gasteiger partial charge on any atom is 0.138 e. The molecule has 0 aromatic heterocycles. The summed E-state index contributed by atoms with van der Waals surface area (Å²) in [6, 6.07) is 5.86. The standard InChI is InChI=1S/C11H14ClNO/c1-8-2-3-10(12)11(6-8)14-9-4-5-13-7-9/h2-3,6,9,13H,4-5,7H2,1H3/t9-/m1/s1. The lowest BCUT2D eigenvalue weighted by Gasteiger charge is -2.14. The van der Waals surface area contributed by atoms with Gasteiger partial charge in [-0.25, -0.2) is 0 Å². The lowest BCUT2D eigenvalue weighted by atomic mass is 10.2. The number of hydrogen-bond donors (Lipinski definition) is 1. The normalized spacial score (nSPS) is 21.1. The molecule has 1 aliphatic rings. The highest BCUT2D eigenvalue weighted by atomic mass is 35.5. The highest BCUT2D eigenvalue weighted by molar-refractivity contribution is 6.32. The minimum Gasteiger partial charge on any atom is -0.487 e. The Labute approximate surface area is 89.2 Å². The van der Waals surface area contributed by atoms with Crippen LogP contribution in [0.1, 0.15) is 12.0 Å². The summed E-state index contributed by atoms with van der Waals surface area (Å²) in [5.74, 6) is 0.806. The fourth-order valence-electron chi connectivity index (χ4n) is 1.61. The Balaban J connectivity index is 2.10. The second kappa shape index (κ2) is 4.20. The largest absolute Gasteiger partial charge is 0.487 e. The first-order valence-electron chi connectivity index (χ1n) is 4.89. The molecule has 14 heavy (non-hydrogen) atoms. The summed E-state index contributed by atoms with van der Waals surface area (Å²) in [7, 11) is 0. The monoisotopic (exact) mass is 211 g/mol. The van der Waals surface area contributed by atoms with Gasteiger partial charge in [-0.05, 0) is 37.6 Å². The Morgan fingerprint density at radius 1 is 1.50 bits per heavy atom. The average Bonchev–Trinajstić information content (AvgIpc) is 2.64. The van der Waals surface area contributed by atoms with Gasteiger partial charge in [0.15, 0.2) is 0 Å². The van der Waals surface area contributed by atoms with E-state index in [1.54, 1.807) is 0 Å². The van der Waals surface area contributed by atoms with Crippen molar-refractivity contribution in [2.75, 3.05) is 13.1 Å². The lowest BCUT2D eigenvalue weighted by Crippen LogP contribution is -2.19. The molecule has 1 saturated heterocycles. The van der Waals surface area contributed by atoms with E-state index in [9.17, 15) is 0 Å². The summed E-state index contributed by atoms with van der Waals surface area (Å²) in [4.78, 5) is 0. The van der Waals surface area contributed by atoms with Gasteiger partial charge < -0.3 is 10.1 Å². The molecule has 0 aliphatic carbocycles. The molecule has 1 aromatic carbocycles. The molecule has 1 heterocycles. The molecule has 3 heteroatoms. The molecule has 1 N–H and O–H groups in total. The van der Waals surface area contributed by atoms with E-state index in [2.05, 4.69) is 5.32 Å². The maximum atomic E-state index is 6.03. The molecule has 0 amide bonds. The molecule has 1 aliphatic heterocycles. The molecule has 2 rings (SSSR count). The van der Waals surface area contributed by atoms with Crippen molar-refractivity contribution in [1.82, 2.24) is 5.32 Å². The number of rotatable bonds is 2. The van der Waals surface area contributed by atoms with Crippen LogP contribution in [0.25, 0.3) is 0 Å². The van der Waals surface area contributed by atoms with Gasteiger partial charge >= 0.3 is 0 Å². The summed E-state index contributed by atoms with van der Waals surface area (Å²) in [6.07, 6.45) is 1.33. The quantitative estimate of drug-likeness (QED) is 0.811. The van der Waals surface area contributed by atoms with E-state index in [0.29, 0.717) is 5.02 Å². The van der Waals surface area contributed by atoms with E-state index in [4.69, 9.17) is 16.3 Å². The number of hydrogen-bond acceptors (Lipinski definition) is 2. The fraction of sp³-hybridized carbons (Fsp3) is 0.455. The summed E-state index contributed by atoms with van der Waals surface area (Å²) in [5, 5.41) is 3.96. The van der Waals surface area contributed by atoms with E-state index in [1.807, 2.05) is 25.1 Å². The number of ether oxygens (including phenoxy) is 1. The molecule has 1 aromatic rings. The van der Waals surface area contributed by atoms with Crippen molar-refractivity contribution < 1.29 is 4.74 Å². The molecule has 0 bridgehead atoms. The van der Waals surface area contributed by atoms with Crippen LogP contribution in [-0.2, 0) is 0 Å². The number of benzene rings is 1. The topological polar surface area (TPSA) is 21.3 Å². The Hall–Kier alpha value is -0.730. The summed E-state index contributed by atoms with van der Waals surface area (Å²) in [5.41, 5.74) is 1.18. The molecule has 0 unspecified atom stereocenters. The average molecular weight is 212 g/mol. The van der Waals surface area contributed by atoms with Crippen LogP contribution in [0.15, 0.2) is 18.2 Å². The van der Waals surface area contributed by atoms with E-state index >= 15 is 0 Å². The van der Waals surface area contributed by atoms with Crippen molar-refractivity contribution in [2.24, 2.45) is 0 Å². The highest BCUT2D eigenvalue weighted by Crippen LogP contribution is 2.27. The van der Waals surface area contributed by atoms with E-state index in [1.165, 1.54) is 5.56 Å². The van der Waals surface area contributed by atoms with Gasteiger partial charge in [-0.1, -0.05) is 17.7 Å². The van der Waals surface area contributed by atoms with E-state index in [-0.39, 0.29) is 6.10 Å². The molecule has 1 atom stereocenters. The van der Waals surface area contributed by atoms with Crippen LogP contribution in [0.5, 0.6) is 5.75 Å². The molecular weight excluding hydrogens is 198 g/mol. The van der Waals surface area contributed by atoms with Crippen molar-refractivity contribution >= 4 is 11.6 Å². The molecule has 1 fully saturated rings. The van der Waals surface area contributed by atoms with Crippen molar-refractivity contribution in [3.05, 3.63) is 28.8 Å². The van der Waals surface area contributed by atoms with Gasteiger partial charge in [0, 0.05) is 6.54 Å². The van der Waals surface area contributed by atoms with Gasteiger partial charge in [-0.3, -0.25) is 0 Å². The number of nitrogens with one attached hydrogen (secondary N) is 1. The second-order valence-electron chi connectivity index (χ2n) is 3.67. The maximum absolute atomic E-state index is 6.03. The third-order valence-electron chi connectivity index (χ3n) is 2.40. The Bertz CT molecular complexity index is 321. The second-order valence-corrected chi connectivity index (χ2v) is 4.07. The molecule has 2 nitrogen and oxygen atoms in total. The van der Waals surface area contributed by atoms with Crippen LogP contribution < -0.4 is 10.1 Å². The molecule has 0 radical (unpaired) electrons. The van der Waals surface area contributed by atoms with Gasteiger partial charge in [0.25, 0.3) is 0 Å². The highest BCUT2D eigenvalue weighted by Gasteiger charge is 2.16. The zero-order chi connectivity index (χ0) is 9.97. The van der Waals surface area contributed by atoms with Gasteiger partial charge in [0.1, 0.15) is 11.9 Å². The van der Waals surface area contributed by atoms with Crippen LogP contribution in [0, 0.1) is 6.92 Å². The summed E-state index contributed by atoms with van der Waals surface area (Å²) >= 11 is 6.03. The summed E-state index contributed by atoms with van der Waals surface area (Å²) in [6.45, 7) is 3.99. The first-order valence-corrected chi connectivity index (χ1v) is 5.27. The first-order chi connectivity index (χ1) is 6.75. The predicted molar refractivity (Wildman–Crippen MR) is 58.1 cm³/mol. The van der Waals surface area contributed by atoms with E-state index < -0.39 is 0 Å². The minimum absolute atomic E-state index is 0.272. The van der Waals surface area contributed by atoms with E-state index in [0.717, 1.165) is 25.3 Å². The Morgan fingerprint density at radius 2 is 2.36 bits per heavy atom. The van der Waals surface area contributed by atoms with Gasteiger partial charge in [-0.15, -0.1) is 0 Å². The fourth-order valence-corrected chi connectivity index (χ4v) is 1.77. The molecule has 76 valence electrons. The Kier molecular flexibility index (Phi) is 2.94. The predicted octanol–water partition coefficient (Wildman–Crippen LogP) is 2.39. The van der Waals surface area contributed by atoms with Crippen molar-refractivity contribution in [3.63, 3.8) is 0 Å².